The Labute approximate surface area is 125 Å². The van der Waals surface area contributed by atoms with Crippen molar-refractivity contribution in [3.8, 4) is 0 Å². The van der Waals surface area contributed by atoms with Crippen LogP contribution in [-0.4, -0.2) is 0 Å². The van der Waals surface area contributed by atoms with Gasteiger partial charge in [-0.25, -0.2) is 8.78 Å². The van der Waals surface area contributed by atoms with Crippen molar-refractivity contribution in [1.29, 1.82) is 0 Å². The van der Waals surface area contributed by atoms with Gasteiger partial charge in [0.1, 0.15) is 11.6 Å². The number of nitrogens with two attached hydrogens (primary N) is 1. The molecule has 112 valence electrons. The highest BCUT2D eigenvalue weighted by Crippen LogP contribution is 2.35. The van der Waals surface area contributed by atoms with Crippen LogP contribution in [0.3, 0.4) is 0 Å². The molecule has 0 amide bonds. The number of halogens is 6. The number of rotatable bonds is 2. The topological polar surface area (TPSA) is 26.0 Å². The first kappa shape index (κ1) is 15.9. The molecule has 1 atom stereocenters. The van der Waals surface area contributed by atoms with Crippen molar-refractivity contribution >= 4 is 15.9 Å². The smallest absolute Gasteiger partial charge is 0.320 e. The van der Waals surface area contributed by atoms with E-state index in [-0.39, 0.29) is 15.6 Å². The Bertz CT molecular complexity index is 669. The highest BCUT2D eigenvalue weighted by Gasteiger charge is 2.31. The molecule has 0 aliphatic carbocycles. The van der Waals surface area contributed by atoms with Gasteiger partial charge in [0.25, 0.3) is 0 Å². The molecule has 0 radical (unpaired) electrons. The van der Waals surface area contributed by atoms with Crippen LogP contribution in [0.5, 0.6) is 0 Å². The normalized spacial score (nSPS) is 13.3. The van der Waals surface area contributed by atoms with Crippen LogP contribution in [0.25, 0.3) is 0 Å². The van der Waals surface area contributed by atoms with E-state index in [1.165, 1.54) is 6.07 Å². The summed E-state index contributed by atoms with van der Waals surface area (Å²) in [6.07, 6.45) is -4.55. The van der Waals surface area contributed by atoms with Gasteiger partial charge in [-0.15, -0.1) is 0 Å². The monoisotopic (exact) mass is 365 g/mol. The largest absolute Gasteiger partial charge is 0.416 e. The zero-order valence-corrected chi connectivity index (χ0v) is 12.0. The second-order valence-electron chi connectivity index (χ2n) is 4.38. The third kappa shape index (κ3) is 3.41. The van der Waals surface area contributed by atoms with E-state index in [4.69, 9.17) is 5.73 Å². The molecule has 0 aromatic heterocycles. The number of alkyl halides is 3. The molecule has 0 aliphatic rings. The maximum Gasteiger partial charge on any atom is 0.416 e. The van der Waals surface area contributed by atoms with Crippen molar-refractivity contribution in [1.82, 2.24) is 0 Å². The highest BCUT2D eigenvalue weighted by atomic mass is 79.9. The fourth-order valence-electron chi connectivity index (χ4n) is 1.88. The average molecular weight is 366 g/mol. The van der Waals surface area contributed by atoms with E-state index in [1.54, 1.807) is 0 Å². The van der Waals surface area contributed by atoms with Gasteiger partial charge < -0.3 is 5.73 Å². The van der Waals surface area contributed by atoms with Crippen LogP contribution < -0.4 is 5.73 Å². The van der Waals surface area contributed by atoms with Crippen molar-refractivity contribution in [2.45, 2.75) is 12.2 Å². The van der Waals surface area contributed by atoms with Gasteiger partial charge in [0.2, 0.25) is 0 Å². The molecule has 2 aromatic rings. The highest BCUT2D eigenvalue weighted by molar-refractivity contribution is 9.10. The van der Waals surface area contributed by atoms with Gasteiger partial charge in [0.05, 0.1) is 11.6 Å². The molecule has 0 spiro atoms. The lowest BCUT2D eigenvalue weighted by atomic mass is 9.97. The Balaban J connectivity index is 2.52. The summed E-state index contributed by atoms with van der Waals surface area (Å²) in [6.45, 7) is 0. The molecule has 0 saturated carbocycles. The van der Waals surface area contributed by atoms with E-state index in [1.807, 2.05) is 0 Å². The summed E-state index contributed by atoms with van der Waals surface area (Å²) in [6, 6.07) is 4.31. The van der Waals surface area contributed by atoms with Crippen LogP contribution in [0, 0.1) is 11.6 Å². The molecule has 0 saturated heterocycles. The lowest BCUT2D eigenvalue weighted by Crippen LogP contribution is -2.16. The molecule has 0 fully saturated rings. The third-order valence-corrected chi connectivity index (χ3v) is 3.67. The van der Waals surface area contributed by atoms with Gasteiger partial charge in [-0.3, -0.25) is 0 Å². The van der Waals surface area contributed by atoms with Gasteiger partial charge in [-0.1, -0.05) is 15.9 Å². The molecule has 21 heavy (non-hydrogen) atoms. The summed E-state index contributed by atoms with van der Waals surface area (Å²) in [5.74, 6) is -1.50. The Kier molecular flexibility index (Phi) is 4.34. The first-order valence-electron chi connectivity index (χ1n) is 5.77. The summed E-state index contributed by atoms with van der Waals surface area (Å²) in [5, 5.41) is 0. The minimum atomic E-state index is -4.55. The Morgan fingerprint density at radius 1 is 0.952 bits per heavy atom. The summed E-state index contributed by atoms with van der Waals surface area (Å²) in [7, 11) is 0. The van der Waals surface area contributed by atoms with E-state index in [9.17, 15) is 22.0 Å². The first-order valence-corrected chi connectivity index (χ1v) is 6.56. The van der Waals surface area contributed by atoms with E-state index >= 15 is 0 Å². The predicted octanol–water partition coefficient (Wildman–Crippen LogP) is 4.79. The summed E-state index contributed by atoms with van der Waals surface area (Å²) in [5.41, 5.74) is 4.70. The fourth-order valence-corrected chi connectivity index (χ4v) is 2.37. The van der Waals surface area contributed by atoms with Gasteiger partial charge >= 0.3 is 6.18 Å². The number of hydrogen-bond acceptors (Lipinski definition) is 1. The van der Waals surface area contributed by atoms with E-state index in [0.29, 0.717) is 0 Å². The van der Waals surface area contributed by atoms with Crippen molar-refractivity contribution in [2.75, 3.05) is 0 Å². The Morgan fingerprint density at radius 3 is 2.24 bits per heavy atom. The Hall–Kier alpha value is -1.47. The van der Waals surface area contributed by atoms with Gasteiger partial charge in [0.15, 0.2) is 0 Å². The molecular weight excluding hydrogens is 357 g/mol. The maximum absolute atomic E-state index is 13.7. The lowest BCUT2D eigenvalue weighted by Gasteiger charge is -2.17. The second kappa shape index (κ2) is 5.73. The Morgan fingerprint density at radius 2 is 1.62 bits per heavy atom. The van der Waals surface area contributed by atoms with Crippen LogP contribution in [0.4, 0.5) is 22.0 Å². The van der Waals surface area contributed by atoms with Crippen LogP contribution >= 0.6 is 15.9 Å². The molecule has 2 rings (SSSR count). The standard InChI is InChI=1S/C14H9BrF5N/c15-11-3-1-7(14(18,19)20)5-9(11)13(21)10-6-8(16)2-4-12(10)17/h1-6,13H,21H2. The molecule has 2 aromatic carbocycles. The van der Waals surface area contributed by atoms with Crippen molar-refractivity contribution in [3.63, 3.8) is 0 Å². The molecule has 2 N–H and O–H groups in total. The van der Waals surface area contributed by atoms with Crippen molar-refractivity contribution < 1.29 is 22.0 Å². The fraction of sp³-hybridized carbons (Fsp3) is 0.143. The van der Waals surface area contributed by atoms with Gasteiger partial charge in [0, 0.05) is 10.0 Å². The summed E-state index contributed by atoms with van der Waals surface area (Å²) < 4.78 is 65.3. The zero-order valence-electron chi connectivity index (χ0n) is 10.4. The number of hydrogen-bond donors (Lipinski definition) is 1. The summed E-state index contributed by atoms with van der Waals surface area (Å²) in [4.78, 5) is 0. The number of benzene rings is 2. The van der Waals surface area contributed by atoms with Crippen molar-refractivity contribution in [2.24, 2.45) is 5.73 Å². The summed E-state index contributed by atoms with van der Waals surface area (Å²) >= 11 is 3.07. The predicted molar refractivity (Wildman–Crippen MR) is 71.5 cm³/mol. The minimum Gasteiger partial charge on any atom is -0.320 e. The van der Waals surface area contributed by atoms with E-state index in [2.05, 4.69) is 15.9 Å². The SMILES string of the molecule is NC(c1cc(F)ccc1F)c1cc(C(F)(F)F)ccc1Br. The van der Waals surface area contributed by atoms with Crippen molar-refractivity contribution in [3.05, 3.63) is 69.2 Å². The molecular formula is C14H9BrF5N. The molecule has 1 nitrogen and oxygen atoms in total. The van der Waals surface area contributed by atoms with Crippen LogP contribution in [-0.2, 0) is 6.18 Å². The first-order chi connectivity index (χ1) is 9.70. The second-order valence-corrected chi connectivity index (χ2v) is 5.23. The lowest BCUT2D eigenvalue weighted by molar-refractivity contribution is -0.137. The average Bonchev–Trinajstić information content (AvgIpc) is 2.40. The van der Waals surface area contributed by atoms with E-state index < -0.39 is 29.4 Å². The quantitative estimate of drug-likeness (QED) is 0.760. The molecule has 7 heteroatoms. The van der Waals surface area contributed by atoms with Crippen LogP contribution in [0.15, 0.2) is 40.9 Å². The van der Waals surface area contributed by atoms with Crippen LogP contribution in [0.2, 0.25) is 0 Å². The van der Waals surface area contributed by atoms with E-state index in [0.717, 1.165) is 30.3 Å². The maximum atomic E-state index is 13.7. The molecule has 0 aliphatic heterocycles. The zero-order chi connectivity index (χ0) is 15.8. The van der Waals surface area contributed by atoms with Gasteiger partial charge in [-0.2, -0.15) is 13.2 Å². The van der Waals surface area contributed by atoms with Gasteiger partial charge in [-0.05, 0) is 42.0 Å². The third-order valence-electron chi connectivity index (χ3n) is 2.95. The van der Waals surface area contributed by atoms with Crippen LogP contribution in [0.1, 0.15) is 22.7 Å². The molecule has 1 unspecified atom stereocenters. The minimum absolute atomic E-state index is 0.0225. The molecule has 0 bridgehead atoms. The molecule has 0 heterocycles.